The maximum Gasteiger partial charge on any atom is 1.00 e. The summed E-state index contributed by atoms with van der Waals surface area (Å²) in [6.07, 6.45) is 2.26. The third-order valence-electron chi connectivity index (χ3n) is 5.43. The van der Waals surface area contributed by atoms with Gasteiger partial charge in [-0.25, -0.2) is 16.8 Å². The number of nitrogens with one attached hydrogen (secondary N) is 2. The zero-order chi connectivity index (χ0) is 33.5. The molecule has 0 fully saturated rings. The molecule has 0 spiro atoms. The van der Waals surface area contributed by atoms with Gasteiger partial charge in [0.15, 0.2) is 0 Å². The van der Waals surface area contributed by atoms with Crippen LogP contribution < -0.4 is 90.7 Å². The van der Waals surface area contributed by atoms with Crippen LogP contribution in [0.3, 0.4) is 0 Å². The normalized spacial score (nSPS) is 11.3. The molecule has 2 aromatic carbocycles. The third kappa shape index (κ3) is 11.7. The minimum absolute atomic E-state index is 0. The topological polar surface area (TPSA) is 327 Å². The van der Waals surface area contributed by atoms with E-state index in [4.69, 9.17) is 31.2 Å². The SMILES string of the molecule is Nc1nc(Nc2ccc(C=Cc3ccc(Nc4nc(N)nc(OCCO)n4)cc3S(=O)(=O)[O-])c(S(=O)(=O)[O-])c2)nc(OCCO)n1.[Na+].[Na+]. The van der Waals surface area contributed by atoms with E-state index in [0.717, 1.165) is 24.3 Å². The van der Waals surface area contributed by atoms with Crippen LogP contribution in [0.4, 0.5) is 35.2 Å². The molecule has 8 N–H and O–H groups in total. The number of nitrogens with two attached hydrogens (primary N) is 2. The molecule has 0 aliphatic heterocycles. The molecule has 48 heavy (non-hydrogen) atoms. The van der Waals surface area contributed by atoms with Crippen LogP contribution in [0.25, 0.3) is 12.2 Å². The third-order valence-corrected chi connectivity index (χ3v) is 7.21. The molecule has 0 bridgehead atoms. The second-order valence-electron chi connectivity index (χ2n) is 8.74. The van der Waals surface area contributed by atoms with Crippen molar-refractivity contribution in [2.24, 2.45) is 0 Å². The number of nitrogen functional groups attached to an aromatic ring is 2. The molecule has 0 aliphatic carbocycles. The van der Waals surface area contributed by atoms with E-state index in [1.807, 2.05) is 0 Å². The maximum atomic E-state index is 12.1. The van der Waals surface area contributed by atoms with E-state index < -0.39 is 30.0 Å². The molecule has 4 rings (SSSR count). The number of rotatable bonds is 14. The van der Waals surface area contributed by atoms with Crippen molar-refractivity contribution < 1.29 is 105 Å². The monoisotopic (exact) mass is 722 g/mol. The van der Waals surface area contributed by atoms with E-state index in [1.165, 1.54) is 24.3 Å². The summed E-state index contributed by atoms with van der Waals surface area (Å²) < 4.78 is 82.9. The van der Waals surface area contributed by atoms with Gasteiger partial charge >= 0.3 is 71.1 Å². The Hall–Kier alpha value is -3.26. The average Bonchev–Trinajstić information content (AvgIpc) is 2.97. The van der Waals surface area contributed by atoms with Gasteiger partial charge < -0.3 is 50.9 Å². The molecule has 20 nitrogen and oxygen atoms in total. The largest absolute Gasteiger partial charge is 1.00 e. The summed E-state index contributed by atoms with van der Waals surface area (Å²) in [6, 6.07) is 6.71. The van der Waals surface area contributed by atoms with E-state index in [-0.39, 0.29) is 144 Å². The first-order chi connectivity index (χ1) is 21.7. The van der Waals surface area contributed by atoms with Crippen LogP contribution >= 0.6 is 0 Å². The zero-order valence-electron chi connectivity index (χ0n) is 25.3. The van der Waals surface area contributed by atoms with Crippen LogP contribution in [-0.2, 0) is 20.2 Å². The molecular weight excluding hydrogens is 698 g/mol. The summed E-state index contributed by atoms with van der Waals surface area (Å²) in [4.78, 5) is 21.6. The predicted octanol–water partition coefficient (Wildman–Crippen LogP) is -6.56. The molecule has 0 unspecified atom stereocenters. The van der Waals surface area contributed by atoms with Crippen LogP contribution in [0, 0.1) is 0 Å². The first-order valence-corrected chi connectivity index (χ1v) is 15.5. The Balaban J connectivity index is 0.00000400. The summed E-state index contributed by atoms with van der Waals surface area (Å²) in [7, 11) is -10.2. The number of ether oxygens (including phenoxy) is 2. The Kier molecular flexibility index (Phi) is 15.3. The van der Waals surface area contributed by atoms with Gasteiger partial charge in [0.2, 0.25) is 23.8 Å². The van der Waals surface area contributed by atoms with Crippen molar-refractivity contribution in [1.29, 1.82) is 0 Å². The molecule has 2 aromatic heterocycles. The number of nitrogens with zero attached hydrogens (tertiary/aromatic N) is 6. The maximum absolute atomic E-state index is 12.1. The van der Waals surface area contributed by atoms with Gasteiger partial charge in [-0.3, -0.25) is 0 Å². The zero-order valence-corrected chi connectivity index (χ0v) is 30.9. The van der Waals surface area contributed by atoms with Gasteiger partial charge in [-0.05, 0) is 35.4 Å². The molecule has 0 radical (unpaired) electrons. The fourth-order valence-electron chi connectivity index (χ4n) is 3.63. The Labute approximate surface area is 317 Å². The van der Waals surface area contributed by atoms with Crippen molar-refractivity contribution in [2.75, 3.05) is 48.5 Å². The molecular formula is C24H24N10Na2O10S2. The van der Waals surface area contributed by atoms with Gasteiger partial charge in [-0.15, -0.1) is 0 Å². The molecule has 0 saturated heterocycles. The molecule has 2 heterocycles. The molecule has 0 aliphatic rings. The quantitative estimate of drug-likeness (QED) is 0.0400. The number of benzene rings is 2. The van der Waals surface area contributed by atoms with Crippen LogP contribution in [0.5, 0.6) is 12.0 Å². The van der Waals surface area contributed by atoms with Crippen LogP contribution in [-0.4, -0.2) is 92.5 Å². The number of hydrogen-bond donors (Lipinski definition) is 6. The number of anilines is 6. The van der Waals surface area contributed by atoms with E-state index >= 15 is 0 Å². The average molecular weight is 723 g/mol. The molecule has 4 aromatic rings. The van der Waals surface area contributed by atoms with Crippen molar-refractivity contribution in [3.05, 3.63) is 47.5 Å². The fourth-order valence-corrected chi connectivity index (χ4v) is 5.02. The van der Waals surface area contributed by atoms with Crippen molar-refractivity contribution in [3.63, 3.8) is 0 Å². The minimum Gasteiger partial charge on any atom is -0.744 e. The van der Waals surface area contributed by atoms with Gasteiger partial charge in [0.1, 0.15) is 33.5 Å². The molecule has 24 heteroatoms. The summed E-state index contributed by atoms with van der Waals surface area (Å²) in [5, 5.41) is 23.1. The first kappa shape index (κ1) is 40.9. The van der Waals surface area contributed by atoms with Gasteiger partial charge in [0, 0.05) is 11.4 Å². The molecule has 0 atom stereocenters. The van der Waals surface area contributed by atoms with Gasteiger partial charge in [0.05, 0.1) is 23.0 Å². The number of aliphatic hydroxyl groups excluding tert-OH is 2. The summed E-state index contributed by atoms with van der Waals surface area (Å²) in [5.74, 6) is -0.820. The van der Waals surface area contributed by atoms with E-state index in [1.54, 1.807) is 0 Å². The van der Waals surface area contributed by atoms with E-state index in [0.29, 0.717) is 0 Å². The Morgan fingerprint density at radius 2 is 1.04 bits per heavy atom. The number of aromatic nitrogens is 6. The second-order valence-corrected chi connectivity index (χ2v) is 11.4. The number of aliphatic hydroxyl groups is 2. The molecule has 0 amide bonds. The Morgan fingerprint density at radius 1 is 0.667 bits per heavy atom. The Morgan fingerprint density at radius 3 is 1.38 bits per heavy atom. The van der Waals surface area contributed by atoms with Gasteiger partial charge in [0.25, 0.3) is 0 Å². The van der Waals surface area contributed by atoms with Gasteiger partial charge in [-0.1, -0.05) is 24.3 Å². The van der Waals surface area contributed by atoms with Crippen LogP contribution in [0.15, 0.2) is 46.2 Å². The van der Waals surface area contributed by atoms with E-state index in [9.17, 15) is 25.9 Å². The van der Waals surface area contributed by atoms with Crippen molar-refractivity contribution in [3.8, 4) is 12.0 Å². The molecule has 244 valence electrons. The minimum atomic E-state index is -5.09. The van der Waals surface area contributed by atoms with Crippen LogP contribution in [0.1, 0.15) is 11.1 Å². The van der Waals surface area contributed by atoms with Crippen molar-refractivity contribution in [1.82, 2.24) is 29.9 Å². The molecule has 0 saturated carbocycles. The Bertz CT molecular complexity index is 1850. The van der Waals surface area contributed by atoms with Crippen molar-refractivity contribution >= 4 is 67.6 Å². The standard InChI is InChI=1S/C24H26N10O10S2.2Na/c25-19-29-21(33-23(31-19)43-9-7-35)27-15-5-3-13(17(11-15)45(37,38)39)1-2-14-4-6-16(12-18(14)46(40,41)42)28-22-30-20(26)32-24(34-22)44-10-8-36;;/h1-6,11-12,35-36H,7-10H2,(H,37,38,39)(H,40,41,42)(H3,25,27,29,31,33)(H3,26,28,30,32,34);;/q;2*+1/p-2. The first-order valence-electron chi connectivity index (χ1n) is 12.7. The van der Waals surface area contributed by atoms with Crippen molar-refractivity contribution in [2.45, 2.75) is 9.79 Å². The van der Waals surface area contributed by atoms with Crippen LogP contribution in [0.2, 0.25) is 0 Å². The fraction of sp³-hybridized carbons (Fsp3) is 0.167. The number of hydrogen-bond acceptors (Lipinski definition) is 20. The van der Waals surface area contributed by atoms with E-state index in [2.05, 4.69) is 40.5 Å². The summed E-state index contributed by atoms with van der Waals surface area (Å²) >= 11 is 0. The van der Waals surface area contributed by atoms with Gasteiger partial charge in [-0.2, -0.15) is 29.9 Å². The predicted molar refractivity (Wildman–Crippen MR) is 158 cm³/mol. The smallest absolute Gasteiger partial charge is 0.744 e. The second kappa shape index (κ2) is 17.9. The summed E-state index contributed by atoms with van der Waals surface area (Å²) in [6.45, 7) is -0.908. The summed E-state index contributed by atoms with van der Waals surface area (Å²) in [5.41, 5.74) is 11.1.